The summed E-state index contributed by atoms with van der Waals surface area (Å²) in [5.41, 5.74) is 2.70. The predicted octanol–water partition coefficient (Wildman–Crippen LogP) is 2.41. The second-order valence-electron chi connectivity index (χ2n) is 4.88. The molecule has 0 radical (unpaired) electrons. The van der Waals surface area contributed by atoms with E-state index >= 15 is 0 Å². The van der Waals surface area contributed by atoms with Crippen LogP contribution in [0.15, 0.2) is 18.3 Å². The fraction of sp³-hybridized carbons (Fsp3) is 0.357. The van der Waals surface area contributed by atoms with E-state index in [-0.39, 0.29) is 5.75 Å². The Balaban J connectivity index is 1.97. The van der Waals surface area contributed by atoms with Crippen molar-refractivity contribution in [3.05, 3.63) is 41.2 Å². The monoisotopic (exact) mass is 279 g/mol. The molecule has 0 N–H and O–H groups in total. The van der Waals surface area contributed by atoms with Gasteiger partial charge in [0.2, 0.25) is 5.82 Å². The molecule has 3 rings (SSSR count). The number of ether oxygens (including phenoxy) is 1. The molecule has 0 aliphatic carbocycles. The highest BCUT2D eigenvalue weighted by Crippen LogP contribution is 2.36. The van der Waals surface area contributed by atoms with E-state index in [4.69, 9.17) is 4.74 Å². The molecule has 4 nitrogen and oxygen atoms in total. The molecular weight excluding hydrogens is 264 g/mol. The van der Waals surface area contributed by atoms with Gasteiger partial charge in [0.1, 0.15) is 6.61 Å². The second kappa shape index (κ2) is 4.77. The molecular formula is C14H15F2N3O. The van der Waals surface area contributed by atoms with Crippen LogP contribution in [0.3, 0.4) is 0 Å². The summed E-state index contributed by atoms with van der Waals surface area (Å²) in [4.78, 5) is 1.98. The smallest absolute Gasteiger partial charge is 0.202 e. The van der Waals surface area contributed by atoms with E-state index in [9.17, 15) is 8.78 Å². The molecule has 6 heteroatoms. The van der Waals surface area contributed by atoms with Crippen LogP contribution in [0.4, 0.5) is 14.5 Å². The maximum absolute atomic E-state index is 13.7. The van der Waals surface area contributed by atoms with Crippen molar-refractivity contribution >= 4 is 5.69 Å². The lowest BCUT2D eigenvalue weighted by Gasteiger charge is -2.31. The largest absolute Gasteiger partial charge is 0.486 e. The summed E-state index contributed by atoms with van der Waals surface area (Å²) in [6, 6.07) is 2.69. The van der Waals surface area contributed by atoms with Crippen molar-refractivity contribution in [2.75, 3.05) is 18.1 Å². The van der Waals surface area contributed by atoms with Gasteiger partial charge in [-0.2, -0.15) is 9.49 Å². The quantitative estimate of drug-likeness (QED) is 0.845. The number of aryl methyl sites for hydroxylation is 2. The molecule has 0 atom stereocenters. The first-order chi connectivity index (χ1) is 9.58. The molecule has 0 saturated heterocycles. The van der Waals surface area contributed by atoms with Crippen LogP contribution in [0.25, 0.3) is 0 Å². The van der Waals surface area contributed by atoms with Crippen LogP contribution in [0.1, 0.15) is 11.3 Å². The number of benzene rings is 1. The van der Waals surface area contributed by atoms with E-state index in [2.05, 4.69) is 5.10 Å². The summed E-state index contributed by atoms with van der Waals surface area (Å²) >= 11 is 0. The van der Waals surface area contributed by atoms with Crippen molar-refractivity contribution in [1.82, 2.24) is 9.78 Å². The number of hydrogen-bond donors (Lipinski definition) is 0. The van der Waals surface area contributed by atoms with Crippen molar-refractivity contribution < 1.29 is 13.5 Å². The van der Waals surface area contributed by atoms with Gasteiger partial charge in [-0.25, -0.2) is 4.39 Å². The fourth-order valence-corrected chi connectivity index (χ4v) is 2.43. The van der Waals surface area contributed by atoms with E-state index in [0.717, 1.165) is 17.3 Å². The van der Waals surface area contributed by atoms with Gasteiger partial charge in [-0.05, 0) is 24.6 Å². The van der Waals surface area contributed by atoms with Crippen molar-refractivity contribution in [2.24, 2.45) is 7.05 Å². The maximum Gasteiger partial charge on any atom is 0.202 e. The number of anilines is 1. The molecule has 20 heavy (non-hydrogen) atoms. The van der Waals surface area contributed by atoms with E-state index in [1.165, 1.54) is 0 Å². The molecule has 1 aliphatic heterocycles. The van der Waals surface area contributed by atoms with E-state index in [1.54, 1.807) is 16.9 Å². The van der Waals surface area contributed by atoms with Crippen LogP contribution < -0.4 is 9.64 Å². The third-order valence-electron chi connectivity index (χ3n) is 3.59. The Bertz CT molecular complexity index is 635. The minimum atomic E-state index is -0.922. The van der Waals surface area contributed by atoms with Gasteiger partial charge in [0.25, 0.3) is 0 Å². The Labute approximate surface area is 115 Å². The van der Waals surface area contributed by atoms with Crippen LogP contribution in [0, 0.1) is 18.6 Å². The van der Waals surface area contributed by atoms with Gasteiger partial charge < -0.3 is 9.64 Å². The van der Waals surface area contributed by atoms with E-state index < -0.39 is 11.6 Å². The van der Waals surface area contributed by atoms with Crippen LogP contribution >= 0.6 is 0 Å². The normalized spacial score (nSPS) is 14.1. The first kappa shape index (κ1) is 12.9. The summed E-state index contributed by atoms with van der Waals surface area (Å²) in [6.07, 6.45) is 1.79. The fourth-order valence-electron chi connectivity index (χ4n) is 2.43. The number of aromatic nitrogens is 2. The molecule has 0 bridgehead atoms. The molecule has 0 spiro atoms. The maximum atomic E-state index is 13.7. The molecule has 0 unspecified atom stereocenters. The Morgan fingerprint density at radius 3 is 2.85 bits per heavy atom. The first-order valence-electron chi connectivity index (χ1n) is 6.41. The number of halogens is 2. The van der Waals surface area contributed by atoms with Gasteiger partial charge in [-0.15, -0.1) is 0 Å². The molecule has 2 heterocycles. The molecule has 0 amide bonds. The van der Waals surface area contributed by atoms with Gasteiger partial charge in [-0.1, -0.05) is 0 Å². The lowest BCUT2D eigenvalue weighted by atomic mass is 10.2. The standard InChI is InChI=1S/C14H15F2N3O/c1-9-7-17-18(2)12(9)8-19-5-6-20-14-11(19)4-3-10(15)13(14)16/h3-4,7H,5-6,8H2,1-2H3. The van der Waals surface area contributed by atoms with Gasteiger partial charge in [0.05, 0.1) is 30.7 Å². The first-order valence-corrected chi connectivity index (χ1v) is 6.41. The van der Waals surface area contributed by atoms with Crippen LogP contribution in [-0.4, -0.2) is 22.9 Å². The minimum Gasteiger partial charge on any atom is -0.486 e. The predicted molar refractivity (Wildman–Crippen MR) is 70.8 cm³/mol. The molecule has 0 saturated carbocycles. The summed E-state index contributed by atoms with van der Waals surface area (Å²) in [5.74, 6) is -1.81. The number of fused-ring (bicyclic) bond motifs is 1. The molecule has 1 aliphatic rings. The van der Waals surface area contributed by atoms with Crippen molar-refractivity contribution in [3.8, 4) is 5.75 Å². The van der Waals surface area contributed by atoms with Crippen molar-refractivity contribution in [2.45, 2.75) is 13.5 Å². The summed E-state index contributed by atoms with van der Waals surface area (Å²) in [7, 11) is 1.87. The lowest BCUT2D eigenvalue weighted by Crippen LogP contribution is -2.33. The Morgan fingerprint density at radius 2 is 2.15 bits per heavy atom. The highest BCUT2D eigenvalue weighted by Gasteiger charge is 2.24. The van der Waals surface area contributed by atoms with Crippen molar-refractivity contribution in [1.29, 1.82) is 0 Å². The zero-order valence-electron chi connectivity index (χ0n) is 11.4. The molecule has 106 valence electrons. The molecule has 1 aromatic carbocycles. The van der Waals surface area contributed by atoms with Crippen LogP contribution in [0.2, 0.25) is 0 Å². The minimum absolute atomic E-state index is 0.00364. The Kier molecular flexibility index (Phi) is 3.08. The Morgan fingerprint density at radius 1 is 1.35 bits per heavy atom. The topological polar surface area (TPSA) is 30.3 Å². The average molecular weight is 279 g/mol. The van der Waals surface area contributed by atoms with Crippen LogP contribution in [-0.2, 0) is 13.6 Å². The number of rotatable bonds is 2. The third kappa shape index (κ3) is 2.01. The van der Waals surface area contributed by atoms with Gasteiger partial charge in [0, 0.05) is 7.05 Å². The molecule has 1 aromatic heterocycles. The molecule has 0 fully saturated rings. The molecule has 2 aromatic rings. The number of nitrogens with zero attached hydrogens (tertiary/aromatic N) is 3. The van der Waals surface area contributed by atoms with Gasteiger partial charge in [0.15, 0.2) is 11.6 Å². The SMILES string of the molecule is Cc1cnn(C)c1CN1CCOc2c1ccc(F)c2F. The van der Waals surface area contributed by atoms with Crippen molar-refractivity contribution in [3.63, 3.8) is 0 Å². The average Bonchev–Trinajstić information content (AvgIpc) is 2.75. The van der Waals surface area contributed by atoms with Gasteiger partial charge in [-0.3, -0.25) is 4.68 Å². The summed E-state index contributed by atoms with van der Waals surface area (Å²) < 4.78 is 34.1. The summed E-state index contributed by atoms with van der Waals surface area (Å²) in [5, 5.41) is 4.19. The van der Waals surface area contributed by atoms with Crippen LogP contribution in [0.5, 0.6) is 5.75 Å². The van der Waals surface area contributed by atoms with E-state index in [0.29, 0.717) is 25.4 Å². The second-order valence-corrected chi connectivity index (χ2v) is 4.88. The highest BCUT2D eigenvalue weighted by molar-refractivity contribution is 5.60. The zero-order valence-corrected chi connectivity index (χ0v) is 11.4. The summed E-state index contributed by atoms with van der Waals surface area (Å²) in [6.45, 7) is 3.53. The lowest BCUT2D eigenvalue weighted by molar-refractivity contribution is 0.284. The van der Waals surface area contributed by atoms with Gasteiger partial charge >= 0.3 is 0 Å². The highest BCUT2D eigenvalue weighted by atomic mass is 19.2. The Hall–Kier alpha value is -2.11. The number of hydrogen-bond acceptors (Lipinski definition) is 3. The zero-order chi connectivity index (χ0) is 14.3. The van der Waals surface area contributed by atoms with E-state index in [1.807, 2.05) is 18.9 Å². The third-order valence-corrected chi connectivity index (χ3v) is 3.59.